The number of halogens is 1. The van der Waals surface area contributed by atoms with Crippen molar-refractivity contribution in [3.63, 3.8) is 0 Å². The maximum atomic E-state index is 12.8. The van der Waals surface area contributed by atoms with Crippen LogP contribution in [-0.4, -0.2) is 35.2 Å². The summed E-state index contributed by atoms with van der Waals surface area (Å²) < 4.78 is 12.8. The largest absolute Gasteiger partial charge is 0.321 e. The SMILES string of the molecule is CCC1C(=O)NC(=O)CN1C(=O)Cc1ccc(F)cc1. The van der Waals surface area contributed by atoms with Gasteiger partial charge in [0, 0.05) is 0 Å². The number of carbonyl (C=O) groups is 3. The molecule has 1 fully saturated rings. The van der Waals surface area contributed by atoms with Gasteiger partial charge in [-0.1, -0.05) is 19.1 Å². The first-order chi connectivity index (χ1) is 9.51. The molecular weight excluding hydrogens is 263 g/mol. The number of piperazine rings is 1. The number of imide groups is 1. The monoisotopic (exact) mass is 278 g/mol. The van der Waals surface area contributed by atoms with E-state index in [1.807, 2.05) is 0 Å². The zero-order valence-electron chi connectivity index (χ0n) is 11.1. The molecule has 1 aliphatic heterocycles. The minimum Gasteiger partial charge on any atom is -0.321 e. The van der Waals surface area contributed by atoms with Crippen LogP contribution >= 0.6 is 0 Å². The van der Waals surface area contributed by atoms with E-state index >= 15 is 0 Å². The molecule has 106 valence electrons. The number of carbonyl (C=O) groups excluding carboxylic acids is 3. The van der Waals surface area contributed by atoms with Crippen molar-refractivity contribution >= 4 is 17.7 Å². The molecule has 1 heterocycles. The van der Waals surface area contributed by atoms with Crippen LogP contribution in [-0.2, 0) is 20.8 Å². The van der Waals surface area contributed by atoms with Gasteiger partial charge in [-0.15, -0.1) is 0 Å². The number of nitrogens with one attached hydrogen (secondary N) is 1. The molecule has 1 aromatic carbocycles. The Kier molecular flexibility index (Phi) is 4.12. The Morgan fingerprint density at radius 1 is 1.35 bits per heavy atom. The lowest BCUT2D eigenvalue weighted by molar-refractivity contribution is -0.149. The molecule has 5 nitrogen and oxygen atoms in total. The summed E-state index contributed by atoms with van der Waals surface area (Å²) in [6.07, 6.45) is 0.478. The molecule has 2 rings (SSSR count). The van der Waals surface area contributed by atoms with Crippen molar-refractivity contribution in [3.8, 4) is 0 Å². The molecule has 0 aliphatic carbocycles. The summed E-state index contributed by atoms with van der Waals surface area (Å²) in [5.41, 5.74) is 0.643. The van der Waals surface area contributed by atoms with Crippen molar-refractivity contribution < 1.29 is 18.8 Å². The topological polar surface area (TPSA) is 66.5 Å². The molecule has 3 amide bonds. The van der Waals surface area contributed by atoms with Gasteiger partial charge >= 0.3 is 0 Å². The van der Waals surface area contributed by atoms with Crippen LogP contribution in [0.5, 0.6) is 0 Å². The third-order valence-corrected chi connectivity index (χ3v) is 3.23. The maximum absolute atomic E-state index is 12.8. The standard InChI is InChI=1S/C14H15FN2O3/c1-2-11-14(20)16-12(18)8-17(11)13(19)7-9-3-5-10(15)6-4-9/h3-6,11H,2,7-8H2,1H3,(H,16,18,20). The van der Waals surface area contributed by atoms with E-state index in [1.165, 1.54) is 29.2 Å². The van der Waals surface area contributed by atoms with Crippen LogP contribution in [0, 0.1) is 5.82 Å². The van der Waals surface area contributed by atoms with Gasteiger partial charge in [-0.2, -0.15) is 0 Å². The highest BCUT2D eigenvalue weighted by Crippen LogP contribution is 2.12. The number of benzene rings is 1. The molecule has 1 N–H and O–H groups in total. The molecule has 1 saturated heterocycles. The average Bonchev–Trinajstić information content (AvgIpc) is 2.40. The highest BCUT2D eigenvalue weighted by molar-refractivity contribution is 6.04. The predicted octanol–water partition coefficient (Wildman–Crippen LogP) is 0.632. The first kappa shape index (κ1) is 14.2. The fraction of sp³-hybridized carbons (Fsp3) is 0.357. The normalized spacial score (nSPS) is 18.9. The second-order valence-corrected chi connectivity index (χ2v) is 4.66. The molecule has 0 aromatic heterocycles. The average molecular weight is 278 g/mol. The highest BCUT2D eigenvalue weighted by Gasteiger charge is 2.35. The van der Waals surface area contributed by atoms with Gasteiger partial charge < -0.3 is 4.90 Å². The Morgan fingerprint density at radius 3 is 2.60 bits per heavy atom. The second-order valence-electron chi connectivity index (χ2n) is 4.66. The van der Waals surface area contributed by atoms with Crippen LogP contribution in [0.25, 0.3) is 0 Å². The summed E-state index contributed by atoms with van der Waals surface area (Å²) in [6, 6.07) is 4.95. The molecule has 0 radical (unpaired) electrons. The summed E-state index contributed by atoms with van der Waals surface area (Å²) >= 11 is 0. The number of nitrogens with zero attached hydrogens (tertiary/aromatic N) is 1. The number of rotatable bonds is 3. The molecule has 1 unspecified atom stereocenters. The van der Waals surface area contributed by atoms with E-state index < -0.39 is 17.9 Å². The molecular formula is C14H15FN2O3. The Balaban J connectivity index is 2.11. The summed E-state index contributed by atoms with van der Waals surface area (Å²) in [5.74, 6) is -1.62. The van der Waals surface area contributed by atoms with Crippen molar-refractivity contribution in [2.45, 2.75) is 25.8 Å². The summed E-state index contributed by atoms with van der Waals surface area (Å²) in [5, 5.41) is 2.22. The quantitative estimate of drug-likeness (QED) is 0.825. The van der Waals surface area contributed by atoms with Crippen molar-refractivity contribution in [1.29, 1.82) is 0 Å². The van der Waals surface area contributed by atoms with E-state index in [-0.39, 0.29) is 24.7 Å². The molecule has 1 aliphatic rings. The zero-order chi connectivity index (χ0) is 14.7. The number of amides is 3. The lowest BCUT2D eigenvalue weighted by Gasteiger charge is -2.33. The van der Waals surface area contributed by atoms with Gasteiger partial charge in [-0.3, -0.25) is 19.7 Å². The van der Waals surface area contributed by atoms with Gasteiger partial charge in [0.05, 0.1) is 6.42 Å². The lowest BCUT2D eigenvalue weighted by Crippen LogP contribution is -2.59. The summed E-state index contributed by atoms with van der Waals surface area (Å²) in [6.45, 7) is 1.66. The summed E-state index contributed by atoms with van der Waals surface area (Å²) in [4.78, 5) is 36.5. The summed E-state index contributed by atoms with van der Waals surface area (Å²) in [7, 11) is 0. The highest BCUT2D eigenvalue weighted by atomic mass is 19.1. The van der Waals surface area contributed by atoms with Crippen LogP contribution in [0.3, 0.4) is 0 Å². The Labute approximate surface area is 115 Å². The minimum atomic E-state index is -0.624. The van der Waals surface area contributed by atoms with E-state index in [1.54, 1.807) is 6.92 Å². The van der Waals surface area contributed by atoms with E-state index in [2.05, 4.69) is 5.32 Å². The predicted molar refractivity (Wildman–Crippen MR) is 69.0 cm³/mol. The zero-order valence-corrected chi connectivity index (χ0v) is 11.1. The maximum Gasteiger partial charge on any atom is 0.249 e. The van der Waals surface area contributed by atoms with Crippen LogP contribution in [0.15, 0.2) is 24.3 Å². The number of hydrogen-bond donors (Lipinski definition) is 1. The van der Waals surface area contributed by atoms with Gasteiger partial charge in [0.25, 0.3) is 0 Å². The Hall–Kier alpha value is -2.24. The van der Waals surface area contributed by atoms with Crippen molar-refractivity contribution in [1.82, 2.24) is 10.2 Å². The first-order valence-electron chi connectivity index (χ1n) is 6.39. The first-order valence-corrected chi connectivity index (χ1v) is 6.39. The van der Waals surface area contributed by atoms with Crippen molar-refractivity contribution in [3.05, 3.63) is 35.6 Å². The van der Waals surface area contributed by atoms with E-state index in [9.17, 15) is 18.8 Å². The lowest BCUT2D eigenvalue weighted by atomic mass is 10.1. The van der Waals surface area contributed by atoms with Crippen molar-refractivity contribution in [2.75, 3.05) is 6.54 Å². The van der Waals surface area contributed by atoms with Gasteiger partial charge in [-0.25, -0.2) is 4.39 Å². The van der Waals surface area contributed by atoms with E-state index in [4.69, 9.17) is 0 Å². The van der Waals surface area contributed by atoms with Crippen LogP contribution < -0.4 is 5.32 Å². The Bertz CT molecular complexity index is 542. The van der Waals surface area contributed by atoms with Crippen LogP contribution in [0.1, 0.15) is 18.9 Å². The second kappa shape index (κ2) is 5.81. The van der Waals surface area contributed by atoms with Crippen LogP contribution in [0.2, 0.25) is 0 Å². The molecule has 1 atom stereocenters. The van der Waals surface area contributed by atoms with Crippen LogP contribution in [0.4, 0.5) is 4.39 Å². The van der Waals surface area contributed by atoms with E-state index in [0.29, 0.717) is 12.0 Å². The fourth-order valence-corrected chi connectivity index (χ4v) is 2.21. The van der Waals surface area contributed by atoms with Gasteiger partial charge in [0.15, 0.2) is 0 Å². The molecule has 1 aromatic rings. The van der Waals surface area contributed by atoms with E-state index in [0.717, 1.165) is 0 Å². The minimum absolute atomic E-state index is 0.0390. The third-order valence-electron chi connectivity index (χ3n) is 3.23. The smallest absolute Gasteiger partial charge is 0.249 e. The van der Waals surface area contributed by atoms with Gasteiger partial charge in [0.2, 0.25) is 17.7 Å². The molecule has 0 spiro atoms. The Morgan fingerprint density at radius 2 is 2.00 bits per heavy atom. The fourth-order valence-electron chi connectivity index (χ4n) is 2.21. The van der Waals surface area contributed by atoms with Crippen molar-refractivity contribution in [2.24, 2.45) is 0 Å². The molecule has 0 saturated carbocycles. The van der Waals surface area contributed by atoms with Gasteiger partial charge in [0.1, 0.15) is 18.4 Å². The molecule has 20 heavy (non-hydrogen) atoms. The molecule has 6 heteroatoms. The van der Waals surface area contributed by atoms with Gasteiger partial charge in [-0.05, 0) is 24.1 Å². The molecule has 0 bridgehead atoms. The third kappa shape index (κ3) is 3.01. The number of hydrogen-bond acceptors (Lipinski definition) is 3.